The molecule has 1 nitrogen and oxygen atoms in total. The molecule has 0 fully saturated rings. The van der Waals surface area contributed by atoms with Gasteiger partial charge in [0, 0.05) is 3.57 Å². The quantitative estimate of drug-likeness (QED) is 0.758. The van der Waals surface area contributed by atoms with Gasteiger partial charge in [-0.2, -0.15) is 8.78 Å². The Morgan fingerprint density at radius 1 is 1.33 bits per heavy atom. The zero-order chi connectivity index (χ0) is 9.14. The summed E-state index contributed by atoms with van der Waals surface area (Å²) in [5.41, 5.74) is 0.664. The molecular formula is C8H6F2IO. The number of ether oxygens (including phenoxy) is 1. The number of hydrogen-bond acceptors (Lipinski definition) is 1. The standard InChI is InChI=1S/C8H6F2IO/c1-5-2-6(11)4-7(3-5)12-8(9)10/h2-4,8H,1H2. The molecule has 0 atom stereocenters. The third-order valence-electron chi connectivity index (χ3n) is 1.16. The van der Waals surface area contributed by atoms with Crippen LogP contribution in [0.25, 0.3) is 0 Å². The van der Waals surface area contributed by atoms with Gasteiger partial charge in [-0.05, 0) is 53.3 Å². The molecule has 0 spiro atoms. The number of alkyl halides is 2. The van der Waals surface area contributed by atoms with Crippen LogP contribution in [0.15, 0.2) is 18.2 Å². The summed E-state index contributed by atoms with van der Waals surface area (Å²) in [6.45, 7) is 0.844. The van der Waals surface area contributed by atoms with Gasteiger partial charge in [0.05, 0.1) is 0 Å². The Balaban J connectivity index is 2.85. The Labute approximate surface area is 82.9 Å². The smallest absolute Gasteiger partial charge is 0.387 e. The highest BCUT2D eigenvalue weighted by molar-refractivity contribution is 14.1. The summed E-state index contributed by atoms with van der Waals surface area (Å²) < 4.78 is 28.5. The summed E-state index contributed by atoms with van der Waals surface area (Å²) in [6, 6.07) is 4.77. The molecule has 1 rings (SSSR count). The summed E-state index contributed by atoms with van der Waals surface area (Å²) in [5.74, 6) is 0.155. The van der Waals surface area contributed by atoms with Gasteiger partial charge in [0.25, 0.3) is 0 Å². The fraction of sp³-hybridized carbons (Fsp3) is 0.125. The molecule has 0 unspecified atom stereocenters. The first-order valence-corrected chi connectivity index (χ1v) is 4.23. The van der Waals surface area contributed by atoms with Gasteiger partial charge in [0.2, 0.25) is 0 Å². The maximum Gasteiger partial charge on any atom is 0.387 e. The molecule has 0 N–H and O–H groups in total. The van der Waals surface area contributed by atoms with Crippen LogP contribution in [-0.4, -0.2) is 6.61 Å². The monoisotopic (exact) mass is 283 g/mol. The van der Waals surface area contributed by atoms with Crippen molar-refractivity contribution >= 4 is 22.6 Å². The minimum atomic E-state index is -2.78. The van der Waals surface area contributed by atoms with Crippen LogP contribution in [0.3, 0.4) is 0 Å². The zero-order valence-corrected chi connectivity index (χ0v) is 8.22. The van der Waals surface area contributed by atoms with Gasteiger partial charge < -0.3 is 4.74 Å². The van der Waals surface area contributed by atoms with Crippen LogP contribution < -0.4 is 4.74 Å². The summed E-state index contributed by atoms with van der Waals surface area (Å²) in [5, 5.41) is 0. The van der Waals surface area contributed by atoms with E-state index in [1.54, 1.807) is 6.07 Å². The number of hydrogen-bond donors (Lipinski definition) is 0. The van der Waals surface area contributed by atoms with Gasteiger partial charge >= 0.3 is 6.61 Å². The molecule has 65 valence electrons. The van der Waals surface area contributed by atoms with E-state index in [-0.39, 0.29) is 5.75 Å². The number of benzene rings is 1. The lowest BCUT2D eigenvalue weighted by atomic mass is 10.2. The maximum atomic E-state index is 11.7. The Morgan fingerprint density at radius 3 is 2.50 bits per heavy atom. The van der Waals surface area contributed by atoms with Gasteiger partial charge in [0.1, 0.15) is 5.75 Å². The van der Waals surface area contributed by atoms with Crippen LogP contribution >= 0.6 is 22.6 Å². The van der Waals surface area contributed by atoms with Gasteiger partial charge in [-0.15, -0.1) is 0 Å². The van der Waals surface area contributed by atoms with Crippen LogP contribution in [0.2, 0.25) is 0 Å². The summed E-state index contributed by atoms with van der Waals surface area (Å²) in [6.07, 6.45) is 0. The van der Waals surface area contributed by atoms with Crippen molar-refractivity contribution in [1.29, 1.82) is 0 Å². The van der Waals surface area contributed by atoms with Crippen molar-refractivity contribution in [3.8, 4) is 5.75 Å². The lowest BCUT2D eigenvalue weighted by molar-refractivity contribution is -0.0498. The van der Waals surface area contributed by atoms with E-state index in [0.29, 0.717) is 5.56 Å². The Hall–Kier alpha value is -0.390. The highest BCUT2D eigenvalue weighted by Gasteiger charge is 2.04. The summed E-state index contributed by atoms with van der Waals surface area (Å²) in [7, 11) is 0. The molecule has 0 aliphatic carbocycles. The fourth-order valence-electron chi connectivity index (χ4n) is 0.792. The molecule has 0 aromatic heterocycles. The van der Waals surface area contributed by atoms with Crippen molar-refractivity contribution in [1.82, 2.24) is 0 Å². The first kappa shape index (κ1) is 9.70. The molecule has 12 heavy (non-hydrogen) atoms. The zero-order valence-electron chi connectivity index (χ0n) is 6.06. The fourth-order valence-corrected chi connectivity index (χ4v) is 1.50. The van der Waals surface area contributed by atoms with Crippen LogP contribution in [0, 0.1) is 10.5 Å². The Morgan fingerprint density at radius 2 is 2.00 bits per heavy atom. The van der Waals surface area contributed by atoms with Crippen molar-refractivity contribution in [3.63, 3.8) is 0 Å². The van der Waals surface area contributed by atoms with E-state index >= 15 is 0 Å². The maximum absolute atomic E-state index is 11.7. The summed E-state index contributed by atoms with van der Waals surface area (Å²) >= 11 is 2.01. The van der Waals surface area contributed by atoms with E-state index in [1.807, 2.05) is 22.6 Å². The minimum Gasteiger partial charge on any atom is -0.435 e. The van der Waals surface area contributed by atoms with Gasteiger partial charge in [-0.25, -0.2) is 0 Å². The van der Waals surface area contributed by atoms with Crippen LogP contribution in [0.5, 0.6) is 5.75 Å². The topological polar surface area (TPSA) is 9.23 Å². The molecule has 0 aliphatic rings. The van der Waals surface area contributed by atoms with Crippen molar-refractivity contribution in [2.24, 2.45) is 0 Å². The molecule has 0 saturated heterocycles. The van der Waals surface area contributed by atoms with E-state index < -0.39 is 6.61 Å². The molecule has 0 heterocycles. The third kappa shape index (κ3) is 2.92. The Kier molecular flexibility index (Phi) is 3.25. The van der Waals surface area contributed by atoms with E-state index in [1.165, 1.54) is 12.1 Å². The normalized spacial score (nSPS) is 10.4. The van der Waals surface area contributed by atoms with Crippen molar-refractivity contribution in [2.45, 2.75) is 6.61 Å². The predicted molar refractivity (Wildman–Crippen MR) is 50.3 cm³/mol. The first-order valence-electron chi connectivity index (χ1n) is 3.15. The average Bonchev–Trinajstić information content (AvgIpc) is 1.81. The second kappa shape index (κ2) is 4.02. The molecule has 0 amide bonds. The molecule has 0 aliphatic heterocycles. The molecule has 4 heteroatoms. The molecule has 1 radical (unpaired) electrons. The molecule has 1 aromatic rings. The lowest BCUT2D eigenvalue weighted by Gasteiger charge is -2.05. The molecule has 0 saturated carbocycles. The van der Waals surface area contributed by atoms with E-state index in [0.717, 1.165) is 3.57 Å². The average molecular weight is 283 g/mol. The number of halogens is 3. The van der Waals surface area contributed by atoms with Crippen molar-refractivity contribution in [3.05, 3.63) is 34.3 Å². The van der Waals surface area contributed by atoms with Gasteiger partial charge in [-0.1, -0.05) is 0 Å². The van der Waals surface area contributed by atoms with Crippen molar-refractivity contribution in [2.75, 3.05) is 0 Å². The van der Waals surface area contributed by atoms with Gasteiger partial charge in [-0.3, -0.25) is 0 Å². The van der Waals surface area contributed by atoms with E-state index in [4.69, 9.17) is 0 Å². The lowest BCUT2D eigenvalue weighted by Crippen LogP contribution is -2.02. The highest BCUT2D eigenvalue weighted by Crippen LogP contribution is 2.19. The summed E-state index contributed by atoms with van der Waals surface area (Å²) in [4.78, 5) is 0. The number of rotatable bonds is 2. The molecule has 1 aromatic carbocycles. The molecular weight excluding hydrogens is 277 g/mol. The largest absolute Gasteiger partial charge is 0.435 e. The molecule has 0 bridgehead atoms. The first-order chi connectivity index (χ1) is 5.58. The van der Waals surface area contributed by atoms with Crippen molar-refractivity contribution < 1.29 is 13.5 Å². The predicted octanol–water partition coefficient (Wildman–Crippen LogP) is 3.07. The van der Waals surface area contributed by atoms with E-state index in [2.05, 4.69) is 11.7 Å². The third-order valence-corrected chi connectivity index (χ3v) is 1.78. The minimum absolute atomic E-state index is 0.155. The van der Waals surface area contributed by atoms with E-state index in [9.17, 15) is 8.78 Å². The van der Waals surface area contributed by atoms with Crippen LogP contribution in [-0.2, 0) is 0 Å². The van der Waals surface area contributed by atoms with Crippen LogP contribution in [0.1, 0.15) is 5.56 Å². The highest BCUT2D eigenvalue weighted by atomic mass is 127. The van der Waals surface area contributed by atoms with Gasteiger partial charge in [0.15, 0.2) is 0 Å². The second-order valence-corrected chi connectivity index (χ2v) is 3.42. The SMILES string of the molecule is [CH2]c1cc(I)cc(OC(F)F)c1. The Bertz CT molecular complexity index is 256. The van der Waals surface area contributed by atoms with Crippen LogP contribution in [0.4, 0.5) is 8.78 Å². The second-order valence-electron chi connectivity index (χ2n) is 2.17.